The van der Waals surface area contributed by atoms with Gasteiger partial charge in [0.05, 0.1) is 6.61 Å². The van der Waals surface area contributed by atoms with Crippen molar-refractivity contribution < 1.29 is 13.2 Å². The van der Waals surface area contributed by atoms with E-state index >= 15 is 0 Å². The van der Waals surface area contributed by atoms with Gasteiger partial charge >= 0.3 is 0 Å². The van der Waals surface area contributed by atoms with Crippen LogP contribution < -0.4 is 4.72 Å². The second-order valence-corrected chi connectivity index (χ2v) is 6.94. The Balaban J connectivity index is 1.84. The minimum Gasteiger partial charge on any atom is -0.381 e. The topological polar surface area (TPSA) is 58.6 Å². The van der Waals surface area contributed by atoms with Gasteiger partial charge in [-0.3, -0.25) is 0 Å². The van der Waals surface area contributed by atoms with E-state index < -0.39 is 10.2 Å². The van der Waals surface area contributed by atoms with E-state index in [0.717, 1.165) is 25.9 Å². The van der Waals surface area contributed by atoms with Crippen molar-refractivity contribution in [3.8, 4) is 0 Å². The summed E-state index contributed by atoms with van der Waals surface area (Å²) in [7, 11) is -3.28. The Hall–Kier alpha value is -0.170. The second-order valence-electron chi connectivity index (χ2n) is 5.19. The molecule has 6 heteroatoms. The third-order valence-electron chi connectivity index (χ3n) is 3.54. The van der Waals surface area contributed by atoms with E-state index in [2.05, 4.69) is 11.6 Å². The van der Waals surface area contributed by atoms with Crippen molar-refractivity contribution in [3.05, 3.63) is 0 Å². The molecule has 0 aromatic rings. The van der Waals surface area contributed by atoms with Gasteiger partial charge in [0.25, 0.3) is 10.2 Å². The fourth-order valence-electron chi connectivity index (χ4n) is 2.42. The van der Waals surface area contributed by atoms with Crippen LogP contribution in [0.1, 0.15) is 26.2 Å². The largest absolute Gasteiger partial charge is 0.381 e. The molecule has 0 bridgehead atoms. The lowest BCUT2D eigenvalue weighted by Gasteiger charge is -2.30. The number of piperidine rings is 1. The van der Waals surface area contributed by atoms with Gasteiger partial charge in [-0.05, 0) is 31.1 Å². The van der Waals surface area contributed by atoms with Crippen LogP contribution in [-0.4, -0.2) is 45.6 Å². The smallest absolute Gasteiger partial charge is 0.279 e. The minimum atomic E-state index is -3.28. The molecule has 2 fully saturated rings. The SMILES string of the molecule is C[C@@H]1CCCN(S(=O)(=O)NC[C@H]2CCOC2)C1. The van der Waals surface area contributed by atoms with Gasteiger partial charge < -0.3 is 4.74 Å². The van der Waals surface area contributed by atoms with Crippen molar-refractivity contribution >= 4 is 10.2 Å². The Morgan fingerprint density at radius 2 is 2.24 bits per heavy atom. The van der Waals surface area contributed by atoms with Gasteiger partial charge in [-0.15, -0.1) is 0 Å². The molecule has 0 spiro atoms. The number of nitrogens with zero attached hydrogens (tertiary/aromatic N) is 1. The third-order valence-corrected chi connectivity index (χ3v) is 5.08. The zero-order chi connectivity index (χ0) is 12.3. The van der Waals surface area contributed by atoms with Crippen LogP contribution in [0.3, 0.4) is 0 Å². The second kappa shape index (κ2) is 5.65. The van der Waals surface area contributed by atoms with Gasteiger partial charge in [-0.1, -0.05) is 6.92 Å². The van der Waals surface area contributed by atoms with Crippen LogP contribution >= 0.6 is 0 Å². The van der Waals surface area contributed by atoms with Crippen LogP contribution in [0.15, 0.2) is 0 Å². The molecule has 0 unspecified atom stereocenters. The molecule has 1 N–H and O–H groups in total. The normalized spacial score (nSPS) is 31.8. The van der Waals surface area contributed by atoms with Gasteiger partial charge in [0, 0.05) is 26.2 Å². The standard InChI is InChI=1S/C11H22N2O3S/c1-10-3-2-5-13(8-10)17(14,15)12-7-11-4-6-16-9-11/h10-12H,2-9H2,1H3/t10-,11-/m1/s1. The van der Waals surface area contributed by atoms with Crippen LogP contribution in [0.4, 0.5) is 0 Å². The molecule has 2 heterocycles. The average Bonchev–Trinajstić information content (AvgIpc) is 2.79. The number of hydrogen-bond donors (Lipinski definition) is 1. The molecule has 0 aromatic carbocycles. The molecule has 0 saturated carbocycles. The summed E-state index contributed by atoms with van der Waals surface area (Å²) >= 11 is 0. The molecule has 0 amide bonds. The molecular weight excluding hydrogens is 240 g/mol. The van der Waals surface area contributed by atoms with Crippen LogP contribution in [0, 0.1) is 11.8 Å². The Labute approximate surface area is 104 Å². The summed E-state index contributed by atoms with van der Waals surface area (Å²) in [6.45, 7) is 5.35. The van der Waals surface area contributed by atoms with E-state index in [1.54, 1.807) is 4.31 Å². The summed E-state index contributed by atoms with van der Waals surface area (Å²) in [5.41, 5.74) is 0. The molecule has 100 valence electrons. The molecule has 2 atom stereocenters. The average molecular weight is 262 g/mol. The van der Waals surface area contributed by atoms with E-state index in [9.17, 15) is 8.42 Å². The van der Waals surface area contributed by atoms with Crippen molar-refractivity contribution in [2.24, 2.45) is 11.8 Å². The van der Waals surface area contributed by atoms with Crippen LogP contribution in [0.5, 0.6) is 0 Å². The van der Waals surface area contributed by atoms with Gasteiger partial charge in [-0.25, -0.2) is 4.72 Å². The highest BCUT2D eigenvalue weighted by atomic mass is 32.2. The van der Waals surface area contributed by atoms with E-state index in [0.29, 0.717) is 38.1 Å². The van der Waals surface area contributed by atoms with E-state index in [1.165, 1.54) is 0 Å². The molecule has 2 saturated heterocycles. The van der Waals surface area contributed by atoms with Gasteiger partial charge in [0.15, 0.2) is 0 Å². The summed E-state index contributed by atoms with van der Waals surface area (Å²) in [5.74, 6) is 0.808. The van der Waals surface area contributed by atoms with E-state index in [-0.39, 0.29) is 0 Å². The van der Waals surface area contributed by atoms with Crippen LogP contribution in [0.25, 0.3) is 0 Å². The summed E-state index contributed by atoms with van der Waals surface area (Å²) in [6.07, 6.45) is 3.05. The van der Waals surface area contributed by atoms with Crippen molar-refractivity contribution in [1.82, 2.24) is 9.03 Å². The van der Waals surface area contributed by atoms with Crippen molar-refractivity contribution in [1.29, 1.82) is 0 Å². The Morgan fingerprint density at radius 3 is 2.88 bits per heavy atom. The monoisotopic (exact) mass is 262 g/mol. The third kappa shape index (κ3) is 3.64. The molecule has 2 rings (SSSR count). The van der Waals surface area contributed by atoms with Gasteiger partial charge in [-0.2, -0.15) is 12.7 Å². The van der Waals surface area contributed by atoms with Crippen molar-refractivity contribution in [3.63, 3.8) is 0 Å². The minimum absolute atomic E-state index is 0.340. The summed E-state index contributed by atoms with van der Waals surface area (Å²) < 4.78 is 33.6. The number of hydrogen-bond acceptors (Lipinski definition) is 3. The Kier molecular flexibility index (Phi) is 4.41. The lowest BCUT2D eigenvalue weighted by atomic mass is 10.0. The molecule has 0 radical (unpaired) electrons. The number of rotatable bonds is 4. The molecule has 0 aliphatic carbocycles. The number of ether oxygens (including phenoxy) is 1. The molecular formula is C11H22N2O3S. The molecule has 5 nitrogen and oxygen atoms in total. The fourth-order valence-corrected chi connectivity index (χ4v) is 3.87. The van der Waals surface area contributed by atoms with Crippen molar-refractivity contribution in [2.75, 3.05) is 32.8 Å². The maximum Gasteiger partial charge on any atom is 0.279 e. The van der Waals surface area contributed by atoms with Crippen molar-refractivity contribution in [2.45, 2.75) is 26.2 Å². The first kappa shape index (κ1) is 13.3. The highest BCUT2D eigenvalue weighted by Crippen LogP contribution is 2.18. The first-order chi connectivity index (χ1) is 8.08. The lowest BCUT2D eigenvalue weighted by Crippen LogP contribution is -2.46. The molecule has 2 aliphatic rings. The maximum atomic E-state index is 12.1. The number of nitrogens with one attached hydrogen (secondary N) is 1. The Morgan fingerprint density at radius 1 is 1.41 bits per heavy atom. The maximum absolute atomic E-state index is 12.1. The highest BCUT2D eigenvalue weighted by molar-refractivity contribution is 7.87. The van der Waals surface area contributed by atoms with E-state index in [1.807, 2.05) is 0 Å². The molecule has 0 aromatic heterocycles. The highest BCUT2D eigenvalue weighted by Gasteiger charge is 2.27. The summed E-state index contributed by atoms with van der Waals surface area (Å²) in [4.78, 5) is 0. The summed E-state index contributed by atoms with van der Waals surface area (Å²) in [5, 5.41) is 0. The zero-order valence-corrected chi connectivity index (χ0v) is 11.2. The quantitative estimate of drug-likeness (QED) is 0.806. The molecule has 2 aliphatic heterocycles. The van der Waals surface area contributed by atoms with E-state index in [4.69, 9.17) is 4.74 Å². The van der Waals surface area contributed by atoms with Gasteiger partial charge in [0.2, 0.25) is 0 Å². The fraction of sp³-hybridized carbons (Fsp3) is 1.00. The van der Waals surface area contributed by atoms with Gasteiger partial charge in [0.1, 0.15) is 0 Å². The Bertz CT molecular complexity index is 339. The predicted octanol–water partition coefficient (Wildman–Crippen LogP) is 0.589. The predicted molar refractivity (Wildman–Crippen MR) is 65.8 cm³/mol. The summed E-state index contributed by atoms with van der Waals surface area (Å²) in [6, 6.07) is 0. The first-order valence-corrected chi connectivity index (χ1v) is 7.84. The lowest BCUT2D eigenvalue weighted by molar-refractivity contribution is 0.186. The first-order valence-electron chi connectivity index (χ1n) is 6.40. The van der Waals surface area contributed by atoms with Crippen LogP contribution in [-0.2, 0) is 14.9 Å². The zero-order valence-electron chi connectivity index (χ0n) is 10.4. The van der Waals surface area contributed by atoms with Crippen LogP contribution in [0.2, 0.25) is 0 Å². The molecule has 17 heavy (non-hydrogen) atoms.